The van der Waals surface area contributed by atoms with Gasteiger partial charge >= 0.3 is 0 Å². The van der Waals surface area contributed by atoms with Crippen LogP contribution >= 0.6 is 0 Å². The number of fused-ring (bicyclic) bond motifs is 4. The van der Waals surface area contributed by atoms with Gasteiger partial charge in [0.1, 0.15) is 0 Å². The maximum absolute atomic E-state index is 13.8. The lowest BCUT2D eigenvalue weighted by Gasteiger charge is -2.42. The van der Waals surface area contributed by atoms with E-state index in [1.165, 1.54) is 24.3 Å². The van der Waals surface area contributed by atoms with E-state index >= 15 is 0 Å². The summed E-state index contributed by atoms with van der Waals surface area (Å²) in [5.41, 5.74) is -5.57. The zero-order valence-electron chi connectivity index (χ0n) is 28.0. The fourth-order valence-corrected chi connectivity index (χ4v) is 7.17. The summed E-state index contributed by atoms with van der Waals surface area (Å²) in [6.45, 7) is 12.5. The van der Waals surface area contributed by atoms with Crippen molar-refractivity contribution in [2.45, 2.75) is 72.0 Å². The van der Waals surface area contributed by atoms with Gasteiger partial charge in [0.25, 0.3) is 44.5 Å². The molecule has 0 bridgehead atoms. The monoisotopic (exact) mass is 660 g/mol. The first-order valence-electron chi connectivity index (χ1n) is 15.9. The van der Waals surface area contributed by atoms with E-state index in [-0.39, 0.29) is 61.4 Å². The van der Waals surface area contributed by atoms with Gasteiger partial charge in [0.2, 0.25) is 0 Å². The maximum Gasteiger partial charge on any atom is 0.266 e. The van der Waals surface area contributed by atoms with Gasteiger partial charge in [0, 0.05) is 18.0 Å². The number of aromatic nitrogens is 4. The van der Waals surface area contributed by atoms with Crippen LogP contribution in [0.2, 0.25) is 0 Å². The minimum Gasteiger partial charge on any atom is -0.275 e. The molecule has 3 aromatic carbocycles. The van der Waals surface area contributed by atoms with Crippen LogP contribution in [0.15, 0.2) is 86.9 Å². The molecular weight excluding hydrogens is 628 g/mol. The van der Waals surface area contributed by atoms with Gasteiger partial charge in [-0.25, -0.2) is 4.57 Å². The van der Waals surface area contributed by atoms with E-state index < -0.39 is 55.4 Å². The molecule has 0 saturated carbocycles. The van der Waals surface area contributed by atoms with Gasteiger partial charge in [-0.1, -0.05) is 26.0 Å². The van der Waals surface area contributed by atoms with Gasteiger partial charge in [-0.3, -0.25) is 52.1 Å². The van der Waals surface area contributed by atoms with Crippen molar-refractivity contribution in [2.24, 2.45) is 0 Å². The molecule has 0 spiro atoms. The molecule has 49 heavy (non-hydrogen) atoms. The van der Waals surface area contributed by atoms with Gasteiger partial charge in [-0.2, -0.15) is 0 Å². The lowest BCUT2D eigenvalue weighted by atomic mass is 9.69. The molecule has 0 atom stereocenters. The lowest BCUT2D eigenvalue weighted by Crippen LogP contribution is -2.52. The number of benzene rings is 3. The van der Waals surface area contributed by atoms with E-state index in [9.17, 15) is 38.4 Å². The summed E-state index contributed by atoms with van der Waals surface area (Å²) in [6, 6.07) is 11.5. The van der Waals surface area contributed by atoms with Crippen LogP contribution in [0, 0.1) is 0 Å². The van der Waals surface area contributed by atoms with Crippen LogP contribution < -0.4 is 44.5 Å². The fourth-order valence-electron chi connectivity index (χ4n) is 7.17. The lowest BCUT2D eigenvalue weighted by molar-refractivity contribution is 0.193. The molecule has 7 aromatic rings. The SMILES string of the molecule is CCn1c(=O)c2cc3c(=O)n(C(C)(C)C(C)(C)c4ccc(-n5c(=O)c6cc7c(=O)n(C(C)C)c(=O)c7cc6c5=O)cc4)c(=O)c3cc2c1=O. The molecule has 0 amide bonds. The molecule has 248 valence electrons. The summed E-state index contributed by atoms with van der Waals surface area (Å²) >= 11 is 0. The molecule has 0 fully saturated rings. The minimum atomic E-state index is -1.14. The molecule has 7 rings (SSSR count). The Kier molecular flexibility index (Phi) is 6.56. The molecule has 12 heteroatoms. The Balaban J connectivity index is 1.32. The molecule has 0 N–H and O–H groups in total. The third kappa shape index (κ3) is 3.97. The van der Waals surface area contributed by atoms with Gasteiger partial charge in [0.05, 0.1) is 54.3 Å². The maximum atomic E-state index is 13.8. The smallest absolute Gasteiger partial charge is 0.266 e. The highest BCUT2D eigenvalue weighted by Gasteiger charge is 2.43. The Hall–Kier alpha value is -5.78. The van der Waals surface area contributed by atoms with E-state index in [4.69, 9.17) is 0 Å². The molecule has 0 unspecified atom stereocenters. The highest BCUT2D eigenvalue weighted by atomic mass is 16.2. The summed E-state index contributed by atoms with van der Waals surface area (Å²) < 4.78 is 4.31. The van der Waals surface area contributed by atoms with Crippen molar-refractivity contribution in [2.75, 3.05) is 0 Å². The highest BCUT2D eigenvalue weighted by Crippen LogP contribution is 2.39. The average Bonchev–Trinajstić information content (AvgIpc) is 3.65. The first-order valence-corrected chi connectivity index (χ1v) is 15.9. The van der Waals surface area contributed by atoms with Crippen molar-refractivity contribution in [1.82, 2.24) is 18.3 Å². The average molecular weight is 661 g/mol. The second-order valence-corrected chi connectivity index (χ2v) is 13.9. The zero-order chi connectivity index (χ0) is 35.6. The van der Waals surface area contributed by atoms with Crippen molar-refractivity contribution in [1.29, 1.82) is 0 Å². The predicted octanol–water partition coefficient (Wildman–Crippen LogP) is 2.44. The molecule has 4 aromatic heterocycles. The van der Waals surface area contributed by atoms with Crippen molar-refractivity contribution in [3.8, 4) is 5.69 Å². The van der Waals surface area contributed by atoms with Crippen LogP contribution in [0.25, 0.3) is 48.8 Å². The summed E-state index contributed by atoms with van der Waals surface area (Å²) in [7, 11) is 0. The molecule has 0 aliphatic heterocycles. The summed E-state index contributed by atoms with van der Waals surface area (Å²) in [5, 5.41) is 0.520. The fraction of sp³-hybridized carbons (Fsp3) is 0.297. The molecular formula is C37H32N4O8. The Morgan fingerprint density at radius 3 is 1.29 bits per heavy atom. The Morgan fingerprint density at radius 1 is 0.531 bits per heavy atom. The molecule has 12 nitrogen and oxygen atoms in total. The van der Waals surface area contributed by atoms with Crippen LogP contribution in [0.5, 0.6) is 0 Å². The zero-order valence-corrected chi connectivity index (χ0v) is 28.0. The Bertz CT molecular complexity index is 2850. The van der Waals surface area contributed by atoms with Crippen LogP contribution in [0.1, 0.15) is 60.1 Å². The van der Waals surface area contributed by atoms with Crippen LogP contribution in [-0.2, 0) is 17.5 Å². The second-order valence-electron chi connectivity index (χ2n) is 13.9. The number of rotatable bonds is 6. The minimum absolute atomic E-state index is 0.0310. The largest absolute Gasteiger partial charge is 0.275 e. The van der Waals surface area contributed by atoms with E-state index in [1.54, 1.807) is 58.9 Å². The van der Waals surface area contributed by atoms with Crippen LogP contribution in [-0.4, -0.2) is 18.3 Å². The summed E-state index contributed by atoms with van der Waals surface area (Å²) in [6.07, 6.45) is 0. The molecule has 0 aliphatic carbocycles. The molecule has 4 heterocycles. The number of nitrogens with zero attached hydrogens (tertiary/aromatic N) is 4. The Labute approximate surface area is 275 Å². The first kappa shape index (κ1) is 31.8. The summed E-state index contributed by atoms with van der Waals surface area (Å²) in [5.74, 6) is 0. The second kappa shape index (κ2) is 10.1. The normalized spacial score (nSPS) is 12.9. The number of hydrogen-bond donors (Lipinski definition) is 0. The quantitative estimate of drug-likeness (QED) is 0.263. The third-order valence-electron chi connectivity index (χ3n) is 10.7. The van der Waals surface area contributed by atoms with Crippen molar-refractivity contribution in [3.05, 3.63) is 137 Å². The van der Waals surface area contributed by atoms with Crippen molar-refractivity contribution < 1.29 is 0 Å². The van der Waals surface area contributed by atoms with E-state index in [0.717, 1.165) is 18.3 Å². The van der Waals surface area contributed by atoms with Crippen LogP contribution in [0.3, 0.4) is 0 Å². The van der Waals surface area contributed by atoms with Gasteiger partial charge < -0.3 is 0 Å². The van der Waals surface area contributed by atoms with Gasteiger partial charge in [0.15, 0.2) is 0 Å². The van der Waals surface area contributed by atoms with Gasteiger partial charge in [-0.15, -0.1) is 0 Å². The van der Waals surface area contributed by atoms with Crippen molar-refractivity contribution in [3.63, 3.8) is 0 Å². The van der Waals surface area contributed by atoms with Crippen LogP contribution in [0.4, 0.5) is 0 Å². The van der Waals surface area contributed by atoms with Gasteiger partial charge in [-0.05, 0) is 76.6 Å². The Morgan fingerprint density at radius 2 is 0.898 bits per heavy atom. The molecule has 0 radical (unpaired) electrons. The van der Waals surface area contributed by atoms with E-state index in [0.29, 0.717) is 5.56 Å². The predicted molar refractivity (Wildman–Crippen MR) is 190 cm³/mol. The van der Waals surface area contributed by atoms with E-state index in [2.05, 4.69) is 0 Å². The third-order valence-corrected chi connectivity index (χ3v) is 10.7. The summed E-state index contributed by atoms with van der Waals surface area (Å²) in [4.78, 5) is 106. The van der Waals surface area contributed by atoms with E-state index in [1.807, 2.05) is 13.8 Å². The standard InChI is InChI=1S/C37H32N4O8/c1-8-38-28(42)20-13-26-27(14-21(20)29(38)43)35(49)41(34(26)48)37(6,7)36(4,5)18-9-11-19(12-10-18)40-32(46)24-15-22-23(16-25(24)33(40)47)31(45)39(17(2)3)30(22)44/h9-17H,8H2,1-7H3. The first-order chi connectivity index (χ1) is 22.9. The highest BCUT2D eigenvalue weighted by molar-refractivity contribution is 5.99. The topological polar surface area (TPSA) is 156 Å². The molecule has 0 aliphatic rings. The van der Waals surface area contributed by atoms with Crippen molar-refractivity contribution >= 4 is 43.1 Å². The molecule has 0 saturated heterocycles. The number of hydrogen-bond acceptors (Lipinski definition) is 8.